The summed E-state index contributed by atoms with van der Waals surface area (Å²) in [7, 11) is 0. The standard InChI is InChI=1S/C35H53N5O7/c1-34(2,3)19-13-21-38-32(44)25-45-22-23-46-33(39-40-36)26-47-28-15-11-14-27(24-28)29(41)16-12-20-37-31(43)18-10-8-7-9-17-30(42)35(4,5)6/h11,14-15,24,33H,7-10,12,16-18,20-23,25-26H2,1-6H3,(H,37,43)(H,38,44). The van der Waals surface area contributed by atoms with Crippen molar-refractivity contribution in [2.45, 2.75) is 99.1 Å². The maximum atomic E-state index is 12.7. The molecule has 1 atom stereocenters. The van der Waals surface area contributed by atoms with Gasteiger partial charge in [0.25, 0.3) is 0 Å². The Morgan fingerprint density at radius 1 is 0.915 bits per heavy atom. The number of hydrogen-bond donors (Lipinski definition) is 2. The highest BCUT2D eigenvalue weighted by Crippen LogP contribution is 2.19. The topological polar surface area (TPSA) is 169 Å². The Balaban J connectivity index is 2.28. The van der Waals surface area contributed by atoms with Crippen molar-refractivity contribution in [2.75, 3.05) is 39.5 Å². The highest BCUT2D eigenvalue weighted by molar-refractivity contribution is 5.96. The molecule has 0 spiro atoms. The first-order chi connectivity index (χ1) is 22.2. The second-order valence-electron chi connectivity index (χ2n) is 13.2. The predicted octanol–water partition coefficient (Wildman–Crippen LogP) is 5.94. The van der Waals surface area contributed by atoms with Gasteiger partial charge in [-0.2, -0.15) is 0 Å². The Hall–Kier alpha value is -3.91. The van der Waals surface area contributed by atoms with E-state index in [2.05, 4.69) is 32.5 Å². The van der Waals surface area contributed by atoms with Crippen molar-refractivity contribution in [3.63, 3.8) is 0 Å². The zero-order chi connectivity index (χ0) is 35.1. The average Bonchev–Trinajstić information content (AvgIpc) is 3.00. The number of benzene rings is 1. The minimum atomic E-state index is -0.939. The summed E-state index contributed by atoms with van der Waals surface area (Å²) in [4.78, 5) is 51.4. The summed E-state index contributed by atoms with van der Waals surface area (Å²) in [6, 6.07) is 6.67. The number of unbranched alkanes of at least 4 members (excludes halogenated alkanes) is 3. The van der Waals surface area contributed by atoms with Crippen LogP contribution in [0.2, 0.25) is 0 Å². The Morgan fingerprint density at radius 3 is 2.32 bits per heavy atom. The molecule has 0 bridgehead atoms. The molecule has 0 radical (unpaired) electrons. The molecule has 0 fully saturated rings. The summed E-state index contributed by atoms with van der Waals surface area (Å²) in [5.74, 6) is 6.18. The zero-order valence-corrected chi connectivity index (χ0v) is 29.0. The molecular weight excluding hydrogens is 602 g/mol. The first-order valence-electron chi connectivity index (χ1n) is 16.3. The number of carbonyl (C=O) groups is 4. The van der Waals surface area contributed by atoms with Gasteiger partial charge in [-0.3, -0.25) is 19.2 Å². The largest absolute Gasteiger partial charge is 0.491 e. The molecule has 12 heteroatoms. The highest BCUT2D eigenvalue weighted by Gasteiger charge is 2.20. The molecule has 1 aromatic rings. The normalized spacial score (nSPS) is 11.8. The van der Waals surface area contributed by atoms with Crippen LogP contribution in [0.15, 0.2) is 29.4 Å². The number of carbonyl (C=O) groups excluding carboxylic acids is 4. The van der Waals surface area contributed by atoms with Crippen LogP contribution in [0.3, 0.4) is 0 Å². The second kappa shape index (κ2) is 22.6. The third-order valence-corrected chi connectivity index (χ3v) is 6.63. The number of ether oxygens (including phenoxy) is 3. The molecule has 260 valence electrons. The number of amides is 2. The van der Waals surface area contributed by atoms with E-state index in [-0.39, 0.29) is 73.6 Å². The number of azide groups is 1. The van der Waals surface area contributed by atoms with Gasteiger partial charge < -0.3 is 24.8 Å². The van der Waals surface area contributed by atoms with E-state index in [1.165, 1.54) is 0 Å². The van der Waals surface area contributed by atoms with Gasteiger partial charge in [-0.1, -0.05) is 62.7 Å². The molecule has 12 nitrogen and oxygen atoms in total. The van der Waals surface area contributed by atoms with Crippen molar-refractivity contribution in [3.05, 3.63) is 40.3 Å². The highest BCUT2D eigenvalue weighted by atomic mass is 16.6. The maximum absolute atomic E-state index is 12.7. The Labute approximate surface area is 279 Å². The van der Waals surface area contributed by atoms with E-state index in [9.17, 15) is 19.2 Å². The minimum Gasteiger partial charge on any atom is -0.491 e. The lowest BCUT2D eigenvalue weighted by Gasteiger charge is -2.16. The van der Waals surface area contributed by atoms with Crippen LogP contribution in [0.4, 0.5) is 0 Å². The van der Waals surface area contributed by atoms with Crippen molar-refractivity contribution < 1.29 is 33.4 Å². The van der Waals surface area contributed by atoms with E-state index in [4.69, 9.17) is 19.7 Å². The number of rotatable bonds is 23. The Bertz CT molecular complexity index is 1250. The second-order valence-corrected chi connectivity index (χ2v) is 13.2. The molecule has 2 amide bonds. The molecule has 0 aliphatic rings. The van der Waals surface area contributed by atoms with Gasteiger partial charge in [0, 0.05) is 47.1 Å². The third-order valence-electron chi connectivity index (χ3n) is 6.63. The fourth-order valence-electron chi connectivity index (χ4n) is 4.02. The van der Waals surface area contributed by atoms with Crippen molar-refractivity contribution in [1.29, 1.82) is 0 Å². The first kappa shape index (κ1) is 41.1. The minimum absolute atomic E-state index is 0.0372. The summed E-state index contributed by atoms with van der Waals surface area (Å²) in [6.45, 7) is 12.3. The molecule has 47 heavy (non-hydrogen) atoms. The van der Waals surface area contributed by atoms with Crippen LogP contribution in [0, 0.1) is 22.7 Å². The lowest BCUT2D eigenvalue weighted by Crippen LogP contribution is -2.29. The van der Waals surface area contributed by atoms with E-state index in [1.54, 1.807) is 24.3 Å². The average molecular weight is 656 g/mol. The lowest BCUT2D eigenvalue weighted by molar-refractivity contribution is -0.127. The Kier molecular flexibility index (Phi) is 19.8. The fraction of sp³-hybridized carbons (Fsp3) is 0.657. The molecule has 1 aromatic carbocycles. The Morgan fingerprint density at radius 2 is 1.64 bits per heavy atom. The summed E-state index contributed by atoms with van der Waals surface area (Å²) in [5, 5.41) is 9.09. The molecule has 2 N–H and O–H groups in total. The summed E-state index contributed by atoms with van der Waals surface area (Å²) < 4.78 is 16.5. The lowest BCUT2D eigenvalue weighted by atomic mass is 9.88. The van der Waals surface area contributed by atoms with Crippen molar-refractivity contribution in [1.82, 2.24) is 10.6 Å². The van der Waals surface area contributed by atoms with Gasteiger partial charge in [0.1, 0.15) is 24.7 Å². The quantitative estimate of drug-likeness (QED) is 0.0367. The van der Waals surface area contributed by atoms with E-state index < -0.39 is 6.23 Å². The molecule has 0 aliphatic carbocycles. The molecule has 0 aliphatic heterocycles. The van der Waals surface area contributed by atoms with E-state index in [1.807, 2.05) is 41.5 Å². The molecule has 0 aromatic heterocycles. The van der Waals surface area contributed by atoms with E-state index in [0.29, 0.717) is 37.1 Å². The third kappa shape index (κ3) is 21.5. The van der Waals surface area contributed by atoms with Gasteiger partial charge in [0.15, 0.2) is 12.0 Å². The number of nitrogens with zero attached hydrogens (tertiary/aromatic N) is 3. The molecule has 1 rings (SSSR count). The summed E-state index contributed by atoms with van der Waals surface area (Å²) in [6.07, 6.45) is 4.29. The van der Waals surface area contributed by atoms with Gasteiger partial charge >= 0.3 is 0 Å². The predicted molar refractivity (Wildman–Crippen MR) is 181 cm³/mol. The van der Waals surface area contributed by atoms with Crippen LogP contribution in [0.1, 0.15) is 103 Å². The molecule has 0 saturated heterocycles. The molecule has 0 heterocycles. The van der Waals surface area contributed by atoms with E-state index in [0.717, 1.165) is 25.7 Å². The van der Waals surface area contributed by atoms with Crippen molar-refractivity contribution in [2.24, 2.45) is 15.9 Å². The zero-order valence-electron chi connectivity index (χ0n) is 29.0. The van der Waals surface area contributed by atoms with Gasteiger partial charge in [-0.05, 0) is 57.7 Å². The van der Waals surface area contributed by atoms with E-state index >= 15 is 0 Å². The number of ketones is 2. The van der Waals surface area contributed by atoms with Crippen LogP contribution in [-0.4, -0.2) is 69.1 Å². The molecule has 1 unspecified atom stereocenters. The van der Waals surface area contributed by atoms with Crippen LogP contribution in [-0.2, 0) is 23.9 Å². The van der Waals surface area contributed by atoms with Crippen LogP contribution < -0.4 is 15.4 Å². The monoisotopic (exact) mass is 655 g/mol. The van der Waals surface area contributed by atoms with Gasteiger partial charge in [-0.15, -0.1) is 0 Å². The molecule has 0 saturated carbocycles. The number of nitrogens with one attached hydrogen (secondary N) is 2. The summed E-state index contributed by atoms with van der Waals surface area (Å²) >= 11 is 0. The smallest absolute Gasteiger partial charge is 0.246 e. The van der Waals surface area contributed by atoms with Crippen molar-refractivity contribution in [3.8, 4) is 17.6 Å². The molecular formula is C35H53N5O7. The van der Waals surface area contributed by atoms with Gasteiger partial charge in [-0.25, -0.2) is 0 Å². The first-order valence-corrected chi connectivity index (χ1v) is 16.3. The van der Waals surface area contributed by atoms with Gasteiger partial charge in [0.05, 0.1) is 19.8 Å². The van der Waals surface area contributed by atoms with Crippen molar-refractivity contribution >= 4 is 23.4 Å². The van der Waals surface area contributed by atoms with Crippen LogP contribution in [0.5, 0.6) is 5.75 Å². The number of hydrogen-bond acceptors (Lipinski definition) is 8. The fourth-order valence-corrected chi connectivity index (χ4v) is 4.02. The maximum Gasteiger partial charge on any atom is 0.246 e. The SMILES string of the molecule is CC(C)(C)C#CCNC(=O)COCCOC(COc1cccc(C(=O)CCCNC(=O)CCCCCCC(=O)C(C)(C)C)c1)N=[N+]=[N-]. The van der Waals surface area contributed by atoms with Gasteiger partial charge in [0.2, 0.25) is 11.8 Å². The van der Waals surface area contributed by atoms with Crippen LogP contribution in [0.25, 0.3) is 10.4 Å². The van der Waals surface area contributed by atoms with Crippen LogP contribution >= 0.6 is 0 Å². The summed E-state index contributed by atoms with van der Waals surface area (Å²) in [5.41, 5.74) is 8.91. The number of Topliss-reactive ketones (excluding diaryl/α,β-unsaturated/α-hetero) is 2.